The third kappa shape index (κ3) is 3.16. The number of aryl methyl sites for hydroxylation is 1. The molecule has 0 spiro atoms. The summed E-state index contributed by atoms with van der Waals surface area (Å²) in [6.45, 7) is 5.89. The smallest absolute Gasteiger partial charge is 0.257 e. The van der Waals surface area contributed by atoms with Crippen LogP contribution in [0.5, 0.6) is 0 Å². The Bertz CT molecular complexity index is 1040. The SMILES string of the molecule is Cc1cccc(NC(=O)c2ccccc2N2C(=O)[C@H]3[C@H](C)C=CC[C@@H]3C2=O)c1C. The van der Waals surface area contributed by atoms with Crippen molar-refractivity contribution in [2.75, 3.05) is 10.2 Å². The number of nitrogens with one attached hydrogen (secondary N) is 1. The largest absolute Gasteiger partial charge is 0.322 e. The molecule has 2 aromatic rings. The Balaban J connectivity index is 1.69. The lowest BCUT2D eigenvalue weighted by Crippen LogP contribution is -2.33. The van der Waals surface area contributed by atoms with Crippen LogP contribution in [0.4, 0.5) is 11.4 Å². The van der Waals surface area contributed by atoms with Gasteiger partial charge in [-0.05, 0) is 55.5 Å². The zero-order chi connectivity index (χ0) is 20.7. The Kier molecular flexibility index (Phi) is 4.82. The predicted octanol–water partition coefficient (Wildman–Crippen LogP) is 4.26. The summed E-state index contributed by atoms with van der Waals surface area (Å²) in [6, 6.07) is 12.5. The van der Waals surface area contributed by atoms with E-state index in [0.717, 1.165) is 16.8 Å². The number of hydrogen-bond acceptors (Lipinski definition) is 3. The zero-order valence-corrected chi connectivity index (χ0v) is 16.8. The summed E-state index contributed by atoms with van der Waals surface area (Å²) < 4.78 is 0. The van der Waals surface area contributed by atoms with E-state index < -0.39 is 0 Å². The molecule has 0 aromatic heterocycles. The van der Waals surface area contributed by atoms with Gasteiger partial charge in [0.1, 0.15) is 0 Å². The second kappa shape index (κ2) is 7.32. The van der Waals surface area contributed by atoms with Gasteiger partial charge in [-0.1, -0.05) is 43.3 Å². The molecule has 2 aliphatic rings. The molecule has 0 bridgehead atoms. The molecule has 0 saturated carbocycles. The van der Waals surface area contributed by atoms with E-state index in [1.54, 1.807) is 24.3 Å². The van der Waals surface area contributed by atoms with Gasteiger partial charge >= 0.3 is 0 Å². The molecule has 3 atom stereocenters. The summed E-state index contributed by atoms with van der Waals surface area (Å²) >= 11 is 0. The number of carbonyl (C=O) groups excluding carboxylic acids is 3. The minimum Gasteiger partial charge on any atom is -0.322 e. The molecule has 4 rings (SSSR count). The quantitative estimate of drug-likeness (QED) is 0.631. The van der Waals surface area contributed by atoms with Crippen molar-refractivity contribution in [1.29, 1.82) is 0 Å². The Morgan fingerprint density at radius 2 is 1.79 bits per heavy atom. The number of amides is 3. The van der Waals surface area contributed by atoms with Crippen LogP contribution < -0.4 is 10.2 Å². The first-order valence-electron chi connectivity index (χ1n) is 9.91. The lowest BCUT2D eigenvalue weighted by atomic mass is 9.78. The van der Waals surface area contributed by atoms with Crippen LogP contribution >= 0.6 is 0 Å². The third-order valence-electron chi connectivity index (χ3n) is 6.12. The van der Waals surface area contributed by atoms with Crippen molar-refractivity contribution in [3.63, 3.8) is 0 Å². The molecule has 0 unspecified atom stereocenters. The molecule has 3 amide bonds. The van der Waals surface area contributed by atoms with E-state index in [9.17, 15) is 14.4 Å². The van der Waals surface area contributed by atoms with Crippen LogP contribution in [-0.4, -0.2) is 17.7 Å². The fourth-order valence-corrected chi connectivity index (χ4v) is 4.32. The van der Waals surface area contributed by atoms with Gasteiger partial charge in [-0.25, -0.2) is 4.90 Å². The molecule has 1 aliphatic carbocycles. The molecule has 148 valence electrons. The molecule has 29 heavy (non-hydrogen) atoms. The number of allylic oxidation sites excluding steroid dienone is 2. The first-order chi connectivity index (χ1) is 13.9. The Morgan fingerprint density at radius 3 is 2.55 bits per heavy atom. The number of rotatable bonds is 3. The molecule has 1 fully saturated rings. The minimum absolute atomic E-state index is 0.00568. The second-order valence-electron chi connectivity index (χ2n) is 7.89. The van der Waals surface area contributed by atoms with Gasteiger partial charge in [0.2, 0.25) is 11.8 Å². The average Bonchev–Trinajstić information content (AvgIpc) is 2.97. The molecule has 2 aromatic carbocycles. The second-order valence-corrected chi connectivity index (χ2v) is 7.89. The number of fused-ring (bicyclic) bond motifs is 1. The van der Waals surface area contributed by atoms with Gasteiger partial charge in [0.15, 0.2) is 0 Å². The Labute approximate surface area is 170 Å². The zero-order valence-electron chi connectivity index (χ0n) is 16.8. The highest BCUT2D eigenvalue weighted by Gasteiger charge is 2.51. The van der Waals surface area contributed by atoms with Crippen LogP contribution in [0.3, 0.4) is 0 Å². The fraction of sp³-hybridized carbons (Fsp3) is 0.292. The minimum atomic E-state index is -0.359. The maximum Gasteiger partial charge on any atom is 0.257 e. The van der Waals surface area contributed by atoms with Crippen molar-refractivity contribution < 1.29 is 14.4 Å². The van der Waals surface area contributed by atoms with E-state index in [1.165, 1.54) is 4.90 Å². The average molecular weight is 388 g/mol. The van der Waals surface area contributed by atoms with Crippen LogP contribution in [0.25, 0.3) is 0 Å². The maximum atomic E-state index is 13.1. The topological polar surface area (TPSA) is 66.5 Å². The molecule has 5 heteroatoms. The van der Waals surface area contributed by atoms with E-state index >= 15 is 0 Å². The standard InChI is InChI=1S/C24H24N2O3/c1-14-8-7-12-19(16(14)3)25-22(27)17-10-4-5-13-20(17)26-23(28)18-11-6-9-15(2)21(18)24(26)29/h4-10,12-13,15,18,21H,11H2,1-3H3,(H,25,27)/t15-,18+,21+/m1/s1. The van der Waals surface area contributed by atoms with Gasteiger partial charge in [-0.3, -0.25) is 14.4 Å². The van der Waals surface area contributed by atoms with Crippen molar-refractivity contribution in [2.45, 2.75) is 27.2 Å². The summed E-state index contributed by atoms with van der Waals surface area (Å²) in [6.07, 6.45) is 4.53. The number of carbonyl (C=O) groups is 3. The van der Waals surface area contributed by atoms with E-state index in [-0.39, 0.29) is 35.5 Å². The molecular weight excluding hydrogens is 364 g/mol. The number of para-hydroxylation sites is 1. The predicted molar refractivity (Wildman–Crippen MR) is 113 cm³/mol. The first-order valence-corrected chi connectivity index (χ1v) is 9.91. The van der Waals surface area contributed by atoms with Crippen LogP contribution in [0.15, 0.2) is 54.6 Å². The summed E-state index contributed by atoms with van der Waals surface area (Å²) in [7, 11) is 0. The molecule has 1 saturated heterocycles. The lowest BCUT2D eigenvalue weighted by molar-refractivity contribution is -0.122. The Hall–Kier alpha value is -3.21. The monoisotopic (exact) mass is 388 g/mol. The van der Waals surface area contributed by atoms with Crippen LogP contribution in [0.2, 0.25) is 0 Å². The van der Waals surface area contributed by atoms with Crippen molar-refractivity contribution in [2.24, 2.45) is 17.8 Å². The van der Waals surface area contributed by atoms with Gasteiger partial charge in [0.25, 0.3) is 5.91 Å². The Morgan fingerprint density at radius 1 is 1.03 bits per heavy atom. The highest BCUT2D eigenvalue weighted by atomic mass is 16.2. The van der Waals surface area contributed by atoms with Gasteiger partial charge in [-0.15, -0.1) is 0 Å². The van der Waals surface area contributed by atoms with Crippen LogP contribution in [0.1, 0.15) is 34.8 Å². The normalized spacial score (nSPS) is 23.3. The molecule has 0 radical (unpaired) electrons. The van der Waals surface area contributed by atoms with E-state index in [4.69, 9.17) is 0 Å². The number of anilines is 2. The van der Waals surface area contributed by atoms with Crippen molar-refractivity contribution in [1.82, 2.24) is 0 Å². The summed E-state index contributed by atoms with van der Waals surface area (Å²) in [4.78, 5) is 40.5. The van der Waals surface area contributed by atoms with E-state index in [2.05, 4.69) is 5.32 Å². The molecule has 5 nitrogen and oxygen atoms in total. The molecule has 1 heterocycles. The van der Waals surface area contributed by atoms with Gasteiger partial charge in [0, 0.05) is 5.69 Å². The molecular formula is C24H24N2O3. The maximum absolute atomic E-state index is 13.1. The van der Waals surface area contributed by atoms with Crippen molar-refractivity contribution >= 4 is 29.1 Å². The van der Waals surface area contributed by atoms with E-state index in [1.807, 2.05) is 51.1 Å². The number of imide groups is 1. The molecule has 1 N–H and O–H groups in total. The summed E-state index contributed by atoms with van der Waals surface area (Å²) in [5.41, 5.74) is 3.45. The number of nitrogens with zero attached hydrogens (tertiary/aromatic N) is 1. The first kappa shape index (κ1) is 19.1. The van der Waals surface area contributed by atoms with Crippen LogP contribution in [0, 0.1) is 31.6 Å². The van der Waals surface area contributed by atoms with Gasteiger partial charge in [-0.2, -0.15) is 0 Å². The van der Waals surface area contributed by atoms with Gasteiger partial charge in [0.05, 0.1) is 23.1 Å². The van der Waals surface area contributed by atoms with Crippen molar-refractivity contribution in [3.05, 3.63) is 71.3 Å². The number of benzene rings is 2. The molecule has 1 aliphatic heterocycles. The highest BCUT2D eigenvalue weighted by Crippen LogP contribution is 2.41. The fourth-order valence-electron chi connectivity index (χ4n) is 4.32. The summed E-state index contributed by atoms with van der Waals surface area (Å²) in [5, 5.41) is 2.93. The third-order valence-corrected chi connectivity index (χ3v) is 6.12. The lowest BCUT2D eigenvalue weighted by Gasteiger charge is -2.22. The van der Waals surface area contributed by atoms with Crippen LogP contribution in [-0.2, 0) is 9.59 Å². The highest BCUT2D eigenvalue weighted by molar-refractivity contribution is 6.25. The van der Waals surface area contributed by atoms with Crippen molar-refractivity contribution in [3.8, 4) is 0 Å². The van der Waals surface area contributed by atoms with Gasteiger partial charge < -0.3 is 5.32 Å². The summed E-state index contributed by atoms with van der Waals surface area (Å²) in [5.74, 6) is -1.48. The number of hydrogen-bond donors (Lipinski definition) is 1. The van der Waals surface area contributed by atoms with E-state index in [0.29, 0.717) is 17.7 Å².